The summed E-state index contributed by atoms with van der Waals surface area (Å²) in [6, 6.07) is 0. The molecule has 0 aromatic carbocycles. The predicted molar refractivity (Wildman–Crippen MR) is 61.4 cm³/mol. The fourth-order valence-electron chi connectivity index (χ4n) is 5.63. The fourth-order valence-corrected chi connectivity index (χ4v) is 8.44. The Bertz CT molecular complexity index is 483. The second-order valence-corrected chi connectivity index (χ2v) is 8.75. The van der Waals surface area contributed by atoms with Gasteiger partial charge in [0.05, 0.1) is 5.75 Å². The van der Waals surface area contributed by atoms with Crippen LogP contribution in [0.25, 0.3) is 0 Å². The summed E-state index contributed by atoms with van der Waals surface area (Å²) in [7, 11) is -2.94. The minimum absolute atomic E-state index is 0.0538. The van der Waals surface area contributed by atoms with Gasteiger partial charge in [-0.2, -0.15) is 4.31 Å². The van der Waals surface area contributed by atoms with Gasteiger partial charge in [0.2, 0.25) is 10.0 Å². The van der Waals surface area contributed by atoms with Gasteiger partial charge < -0.3 is 0 Å². The highest BCUT2D eigenvalue weighted by Crippen LogP contribution is 2.77. The molecule has 2 spiro atoms. The lowest BCUT2D eigenvalue weighted by Crippen LogP contribution is -2.63. The van der Waals surface area contributed by atoms with Gasteiger partial charge in [0.15, 0.2) is 0 Å². The molecule has 2 bridgehead atoms. The Balaban J connectivity index is 1.98. The number of nitrogens with zero attached hydrogens (tertiary/aromatic N) is 1. The third-order valence-corrected chi connectivity index (χ3v) is 8.68. The van der Waals surface area contributed by atoms with Crippen LogP contribution >= 0.6 is 0 Å². The van der Waals surface area contributed by atoms with Crippen LogP contribution in [-0.4, -0.2) is 30.6 Å². The molecule has 0 amide bonds. The van der Waals surface area contributed by atoms with Crippen LogP contribution in [0.5, 0.6) is 0 Å². The second-order valence-electron chi connectivity index (χ2n) is 6.85. The summed E-state index contributed by atoms with van der Waals surface area (Å²) in [5, 5.41) is 0. The summed E-state index contributed by atoms with van der Waals surface area (Å²) in [5.41, 5.74) is 0.370. The van der Waals surface area contributed by atoms with E-state index in [0.717, 1.165) is 31.7 Å². The maximum atomic E-state index is 12.2. The lowest BCUT2D eigenvalue weighted by Gasteiger charge is -2.54. The molecule has 2 aliphatic carbocycles. The smallest absolute Gasteiger partial charge is 0.212 e. The summed E-state index contributed by atoms with van der Waals surface area (Å²) in [6.07, 6.45) is 4.64. The van der Waals surface area contributed by atoms with Crippen molar-refractivity contribution >= 4 is 10.0 Å². The first kappa shape index (κ1) is 9.89. The largest absolute Gasteiger partial charge is 0.215 e. The minimum atomic E-state index is -2.94. The number of hydrogen-bond acceptors (Lipinski definition) is 2. The van der Waals surface area contributed by atoms with E-state index in [9.17, 15) is 8.42 Å². The van der Waals surface area contributed by atoms with Crippen molar-refractivity contribution in [2.24, 2.45) is 16.7 Å². The quantitative estimate of drug-likeness (QED) is 0.646. The van der Waals surface area contributed by atoms with Gasteiger partial charge in [0.25, 0.3) is 0 Å². The maximum Gasteiger partial charge on any atom is 0.215 e. The highest BCUT2D eigenvalue weighted by Gasteiger charge is 2.81. The lowest BCUT2D eigenvalue weighted by molar-refractivity contribution is -0.0370. The average Bonchev–Trinajstić information content (AvgIpc) is 2.50. The van der Waals surface area contributed by atoms with Gasteiger partial charge in [-0.3, -0.25) is 0 Å². The Morgan fingerprint density at radius 2 is 2.00 bits per heavy atom. The molecule has 90 valence electrons. The van der Waals surface area contributed by atoms with Crippen LogP contribution in [-0.2, 0) is 10.0 Å². The van der Waals surface area contributed by atoms with Crippen LogP contribution < -0.4 is 0 Å². The fraction of sp³-hybridized carbons (Fsp3) is 1.00. The molecule has 4 heteroatoms. The Labute approximate surface area is 97.3 Å². The summed E-state index contributed by atoms with van der Waals surface area (Å²) < 4.78 is 26.3. The van der Waals surface area contributed by atoms with E-state index in [1.165, 1.54) is 6.42 Å². The first-order chi connectivity index (χ1) is 7.36. The third-order valence-electron chi connectivity index (χ3n) is 6.62. The number of hydrogen-bond donors (Lipinski definition) is 0. The topological polar surface area (TPSA) is 37.4 Å². The van der Waals surface area contributed by atoms with Crippen LogP contribution in [0.3, 0.4) is 0 Å². The Kier molecular flexibility index (Phi) is 1.38. The molecule has 2 saturated heterocycles. The molecule has 4 rings (SSSR count). The lowest BCUT2D eigenvalue weighted by atomic mass is 9.59. The molecule has 2 heterocycles. The van der Waals surface area contributed by atoms with Crippen LogP contribution in [0, 0.1) is 16.7 Å². The van der Waals surface area contributed by atoms with Gasteiger partial charge in [-0.1, -0.05) is 13.8 Å². The molecule has 4 aliphatic rings. The Morgan fingerprint density at radius 1 is 1.25 bits per heavy atom. The van der Waals surface area contributed by atoms with E-state index < -0.39 is 10.0 Å². The zero-order valence-corrected chi connectivity index (χ0v) is 10.8. The third kappa shape index (κ3) is 0.668. The molecule has 0 radical (unpaired) electrons. The van der Waals surface area contributed by atoms with Gasteiger partial charge in [-0.05, 0) is 37.0 Å². The summed E-state index contributed by atoms with van der Waals surface area (Å²) in [4.78, 5) is 0. The molecule has 0 N–H and O–H groups in total. The number of sulfonamides is 1. The highest BCUT2D eigenvalue weighted by atomic mass is 32.2. The number of rotatable bonds is 0. The summed E-state index contributed by atoms with van der Waals surface area (Å²) in [6.45, 7) is 5.42. The monoisotopic (exact) mass is 241 g/mol. The van der Waals surface area contributed by atoms with Crippen molar-refractivity contribution in [2.45, 2.75) is 45.1 Å². The van der Waals surface area contributed by atoms with Crippen molar-refractivity contribution in [1.29, 1.82) is 0 Å². The first-order valence-electron chi connectivity index (χ1n) is 6.36. The second kappa shape index (κ2) is 2.24. The van der Waals surface area contributed by atoms with E-state index in [4.69, 9.17) is 0 Å². The first-order valence-corrected chi connectivity index (χ1v) is 7.97. The van der Waals surface area contributed by atoms with Crippen molar-refractivity contribution in [1.82, 2.24) is 4.31 Å². The van der Waals surface area contributed by atoms with E-state index in [1.807, 2.05) is 4.31 Å². The Hall–Kier alpha value is -0.0900. The van der Waals surface area contributed by atoms with E-state index in [0.29, 0.717) is 5.75 Å². The van der Waals surface area contributed by atoms with E-state index in [1.54, 1.807) is 0 Å². The molecule has 0 aromatic rings. The maximum absolute atomic E-state index is 12.2. The molecule has 0 aromatic heterocycles. The van der Waals surface area contributed by atoms with Crippen molar-refractivity contribution in [3.63, 3.8) is 0 Å². The van der Waals surface area contributed by atoms with Crippen LogP contribution in [0.15, 0.2) is 0 Å². The van der Waals surface area contributed by atoms with Gasteiger partial charge in [-0.15, -0.1) is 0 Å². The minimum Gasteiger partial charge on any atom is -0.212 e. The average molecular weight is 241 g/mol. The molecule has 4 fully saturated rings. The van der Waals surface area contributed by atoms with Gasteiger partial charge in [-0.25, -0.2) is 8.42 Å². The van der Waals surface area contributed by atoms with Crippen molar-refractivity contribution in [3.05, 3.63) is 0 Å². The molecule has 2 saturated carbocycles. The molecule has 3 nitrogen and oxygen atoms in total. The van der Waals surface area contributed by atoms with Crippen molar-refractivity contribution < 1.29 is 8.42 Å². The molecular formula is C12H19NO2S. The van der Waals surface area contributed by atoms with E-state index in [-0.39, 0.29) is 16.4 Å². The summed E-state index contributed by atoms with van der Waals surface area (Å²) >= 11 is 0. The zero-order valence-electron chi connectivity index (χ0n) is 9.99. The van der Waals surface area contributed by atoms with Gasteiger partial charge >= 0.3 is 0 Å². The van der Waals surface area contributed by atoms with E-state index in [2.05, 4.69) is 13.8 Å². The standard InChI is InChI=1S/C12H19NO2S/c1-10(2)9-3-4-11(10)8-16(14,15)13-6-5-12(11,13)7-9/h9H,3-8H2,1-2H3/t9?,11?,12-/m1/s1. The summed E-state index contributed by atoms with van der Waals surface area (Å²) in [5.74, 6) is 1.19. The van der Waals surface area contributed by atoms with Gasteiger partial charge in [0, 0.05) is 17.5 Å². The normalized spacial score (nSPS) is 55.8. The Morgan fingerprint density at radius 3 is 2.50 bits per heavy atom. The molecular weight excluding hydrogens is 222 g/mol. The molecule has 16 heavy (non-hydrogen) atoms. The number of fused-ring (bicyclic) bond motifs is 1. The van der Waals surface area contributed by atoms with Crippen molar-refractivity contribution in [3.8, 4) is 0 Å². The van der Waals surface area contributed by atoms with E-state index >= 15 is 0 Å². The van der Waals surface area contributed by atoms with Crippen LogP contribution in [0.2, 0.25) is 0 Å². The molecule has 3 atom stereocenters. The molecule has 2 aliphatic heterocycles. The zero-order chi connectivity index (χ0) is 11.4. The van der Waals surface area contributed by atoms with Gasteiger partial charge in [0.1, 0.15) is 0 Å². The SMILES string of the molecule is CC1(C)C2CCC13CS(=O)(=O)N1CC[C@]13C2. The highest BCUT2D eigenvalue weighted by molar-refractivity contribution is 7.89. The van der Waals surface area contributed by atoms with Crippen molar-refractivity contribution in [2.75, 3.05) is 12.3 Å². The molecule has 2 unspecified atom stereocenters. The van der Waals surface area contributed by atoms with Crippen LogP contribution in [0.4, 0.5) is 0 Å². The predicted octanol–water partition coefficient (Wildman–Crippen LogP) is 1.60. The van der Waals surface area contributed by atoms with Crippen LogP contribution in [0.1, 0.15) is 39.5 Å².